The molecule has 0 atom stereocenters. The van der Waals surface area contributed by atoms with E-state index >= 15 is 0 Å². The highest BCUT2D eigenvalue weighted by atomic mass is 16.5. The van der Waals surface area contributed by atoms with Gasteiger partial charge in [0.05, 0.1) is 26.3 Å². The van der Waals surface area contributed by atoms with Gasteiger partial charge in [-0.15, -0.1) is 0 Å². The quantitative estimate of drug-likeness (QED) is 0.537. The van der Waals surface area contributed by atoms with Crippen LogP contribution >= 0.6 is 0 Å². The average molecular weight is 377 g/mol. The van der Waals surface area contributed by atoms with Crippen molar-refractivity contribution < 1.29 is 14.3 Å². The van der Waals surface area contributed by atoms with E-state index in [0.29, 0.717) is 12.5 Å². The molecule has 2 N–H and O–H groups in total. The van der Waals surface area contributed by atoms with Gasteiger partial charge >= 0.3 is 0 Å². The Balaban J connectivity index is 2.04. The van der Waals surface area contributed by atoms with Crippen molar-refractivity contribution in [3.8, 4) is 11.5 Å². The molecule has 0 heterocycles. The number of carbonyl (C=O) groups excluding carboxylic acids is 1. The summed E-state index contributed by atoms with van der Waals surface area (Å²) < 4.78 is 11.6. The van der Waals surface area contributed by atoms with E-state index in [4.69, 9.17) is 9.47 Å². The summed E-state index contributed by atoms with van der Waals surface area (Å²) in [6.07, 6.45) is 4.91. The van der Waals surface area contributed by atoms with Gasteiger partial charge in [-0.2, -0.15) is 0 Å². The highest BCUT2D eigenvalue weighted by molar-refractivity contribution is 5.86. The van der Waals surface area contributed by atoms with Gasteiger partial charge < -0.3 is 25.0 Å². The summed E-state index contributed by atoms with van der Waals surface area (Å²) >= 11 is 0. The van der Waals surface area contributed by atoms with Crippen LogP contribution in [0.4, 0.5) is 0 Å². The van der Waals surface area contributed by atoms with Gasteiger partial charge in [0.25, 0.3) is 0 Å². The number of nitrogens with one attached hydrogen (secondary N) is 2. The number of hydrogen-bond donors (Lipinski definition) is 2. The van der Waals surface area contributed by atoms with Gasteiger partial charge in [0, 0.05) is 20.6 Å². The molecule has 1 aromatic rings. The number of carbonyl (C=O) groups is 1. The first kappa shape index (κ1) is 20.9. The number of ether oxygens (including phenoxy) is 2. The maximum atomic E-state index is 11.8. The van der Waals surface area contributed by atoms with Gasteiger partial charge in [-0.25, -0.2) is 4.99 Å². The lowest BCUT2D eigenvalue weighted by atomic mass is 10.2. The second-order valence-corrected chi connectivity index (χ2v) is 6.85. The van der Waals surface area contributed by atoms with Crippen molar-refractivity contribution >= 4 is 11.9 Å². The summed E-state index contributed by atoms with van der Waals surface area (Å²) in [6.45, 7) is 3.40. The molecule has 0 spiro atoms. The highest BCUT2D eigenvalue weighted by Crippen LogP contribution is 2.32. The summed E-state index contributed by atoms with van der Waals surface area (Å²) in [5.74, 6) is 2.13. The van der Waals surface area contributed by atoms with Crippen LogP contribution in [0, 0.1) is 0 Å². The van der Waals surface area contributed by atoms with Crippen molar-refractivity contribution in [2.45, 2.75) is 45.3 Å². The minimum absolute atomic E-state index is 0.00250. The van der Waals surface area contributed by atoms with Crippen LogP contribution in [0.25, 0.3) is 0 Å². The fourth-order valence-corrected chi connectivity index (χ4v) is 2.93. The predicted molar refractivity (Wildman–Crippen MR) is 107 cm³/mol. The predicted octanol–water partition coefficient (Wildman–Crippen LogP) is 2.16. The fraction of sp³-hybridized carbons (Fsp3) is 0.600. The van der Waals surface area contributed by atoms with E-state index in [2.05, 4.69) is 15.6 Å². The van der Waals surface area contributed by atoms with Gasteiger partial charge in [0.15, 0.2) is 17.5 Å². The second-order valence-electron chi connectivity index (χ2n) is 6.85. The summed E-state index contributed by atoms with van der Waals surface area (Å²) in [5.41, 5.74) is 1.03. The molecule has 7 nitrogen and oxygen atoms in total. The molecule has 0 aliphatic heterocycles. The molecule has 1 aromatic carbocycles. The SMILES string of the molecule is CCNC(=NCc1ccc(OC)c(OC2CCCC2)c1)NCC(=O)N(C)C. The normalized spacial score (nSPS) is 14.7. The number of hydrogen-bond acceptors (Lipinski definition) is 4. The number of nitrogens with zero attached hydrogens (tertiary/aromatic N) is 2. The van der Waals surface area contributed by atoms with Crippen molar-refractivity contribution in [2.24, 2.45) is 4.99 Å². The van der Waals surface area contributed by atoms with Crippen LogP contribution < -0.4 is 20.1 Å². The number of aliphatic imine (C=N–C) groups is 1. The third kappa shape index (κ3) is 6.66. The van der Waals surface area contributed by atoms with Crippen LogP contribution in [0.1, 0.15) is 38.2 Å². The molecule has 7 heteroatoms. The lowest BCUT2D eigenvalue weighted by Gasteiger charge is -2.17. The average Bonchev–Trinajstić information content (AvgIpc) is 3.16. The Labute approximate surface area is 162 Å². The molecule has 0 bridgehead atoms. The summed E-state index contributed by atoms with van der Waals surface area (Å²) in [6, 6.07) is 5.90. The molecule has 1 aliphatic carbocycles. The highest BCUT2D eigenvalue weighted by Gasteiger charge is 2.18. The van der Waals surface area contributed by atoms with Crippen molar-refractivity contribution in [3.05, 3.63) is 23.8 Å². The smallest absolute Gasteiger partial charge is 0.241 e. The van der Waals surface area contributed by atoms with E-state index in [1.807, 2.05) is 25.1 Å². The van der Waals surface area contributed by atoms with Gasteiger partial charge in [-0.3, -0.25) is 4.79 Å². The number of methoxy groups -OCH3 is 1. The molecule has 1 fully saturated rings. The van der Waals surface area contributed by atoms with Crippen LogP contribution in [0.5, 0.6) is 11.5 Å². The molecule has 2 rings (SSSR count). The molecule has 1 saturated carbocycles. The van der Waals surface area contributed by atoms with E-state index in [0.717, 1.165) is 36.4 Å². The second kappa shape index (κ2) is 10.6. The van der Waals surface area contributed by atoms with Crippen LogP contribution in [0.15, 0.2) is 23.2 Å². The first-order chi connectivity index (χ1) is 13.0. The monoisotopic (exact) mass is 376 g/mol. The Morgan fingerprint density at radius 2 is 1.96 bits per heavy atom. The molecule has 1 aliphatic rings. The first-order valence-electron chi connectivity index (χ1n) is 9.59. The van der Waals surface area contributed by atoms with Crippen molar-refractivity contribution in [1.29, 1.82) is 0 Å². The number of likely N-dealkylation sites (N-methyl/N-ethyl adjacent to an activating group) is 1. The van der Waals surface area contributed by atoms with E-state index in [-0.39, 0.29) is 18.6 Å². The van der Waals surface area contributed by atoms with Gasteiger partial charge in [-0.05, 0) is 50.3 Å². The molecule has 0 saturated heterocycles. The van der Waals surface area contributed by atoms with E-state index in [1.54, 1.807) is 26.1 Å². The molecule has 0 aromatic heterocycles. The first-order valence-corrected chi connectivity index (χ1v) is 9.59. The third-order valence-corrected chi connectivity index (χ3v) is 4.49. The fourth-order valence-electron chi connectivity index (χ4n) is 2.93. The van der Waals surface area contributed by atoms with Gasteiger partial charge in [-0.1, -0.05) is 6.07 Å². The lowest BCUT2D eigenvalue weighted by Crippen LogP contribution is -2.42. The van der Waals surface area contributed by atoms with E-state index in [9.17, 15) is 4.79 Å². The van der Waals surface area contributed by atoms with Crippen molar-refractivity contribution in [2.75, 3.05) is 34.3 Å². The molecular weight excluding hydrogens is 344 g/mol. The molecule has 1 amide bonds. The zero-order valence-corrected chi connectivity index (χ0v) is 16.9. The maximum absolute atomic E-state index is 11.8. The van der Waals surface area contributed by atoms with E-state index < -0.39 is 0 Å². The Hall–Kier alpha value is -2.44. The number of benzene rings is 1. The molecule has 0 radical (unpaired) electrons. The van der Waals surface area contributed by atoms with Crippen LogP contribution in [0.3, 0.4) is 0 Å². The summed E-state index contributed by atoms with van der Waals surface area (Å²) in [7, 11) is 5.12. The zero-order valence-electron chi connectivity index (χ0n) is 16.9. The van der Waals surface area contributed by atoms with Crippen molar-refractivity contribution in [3.63, 3.8) is 0 Å². The maximum Gasteiger partial charge on any atom is 0.241 e. The number of amides is 1. The third-order valence-electron chi connectivity index (χ3n) is 4.49. The minimum atomic E-state index is -0.00250. The molecule has 27 heavy (non-hydrogen) atoms. The Morgan fingerprint density at radius 3 is 2.59 bits per heavy atom. The summed E-state index contributed by atoms with van der Waals surface area (Å²) in [5, 5.41) is 6.21. The zero-order chi connectivity index (χ0) is 19.6. The molecule has 0 unspecified atom stereocenters. The Bertz CT molecular complexity index is 640. The topological polar surface area (TPSA) is 75.2 Å². The minimum Gasteiger partial charge on any atom is -0.493 e. The van der Waals surface area contributed by atoms with Gasteiger partial charge in [0.2, 0.25) is 5.91 Å². The Kier molecular flexibility index (Phi) is 8.23. The van der Waals surface area contributed by atoms with Gasteiger partial charge in [0.1, 0.15) is 0 Å². The largest absolute Gasteiger partial charge is 0.493 e. The summed E-state index contributed by atoms with van der Waals surface area (Å²) in [4.78, 5) is 17.9. The Morgan fingerprint density at radius 1 is 1.22 bits per heavy atom. The van der Waals surface area contributed by atoms with Crippen LogP contribution in [-0.4, -0.2) is 57.2 Å². The number of rotatable bonds is 8. The van der Waals surface area contributed by atoms with Crippen LogP contribution in [-0.2, 0) is 11.3 Å². The van der Waals surface area contributed by atoms with Crippen LogP contribution in [0.2, 0.25) is 0 Å². The number of guanidine groups is 1. The standard InChI is InChI=1S/C20H32N4O3/c1-5-21-20(23-14-19(25)24(2)3)22-13-15-10-11-17(26-4)18(12-15)27-16-8-6-7-9-16/h10-12,16H,5-9,13-14H2,1-4H3,(H2,21,22,23). The molecule has 150 valence electrons. The lowest BCUT2D eigenvalue weighted by molar-refractivity contribution is -0.127. The molecular formula is C20H32N4O3. The van der Waals surface area contributed by atoms with E-state index in [1.165, 1.54) is 12.8 Å². The van der Waals surface area contributed by atoms with Crippen molar-refractivity contribution in [1.82, 2.24) is 15.5 Å².